The average molecular weight is 343 g/mol. The summed E-state index contributed by atoms with van der Waals surface area (Å²) in [5.41, 5.74) is 2.12. The smallest absolute Gasteiger partial charge is 0.187 e. The second-order valence-electron chi connectivity index (χ2n) is 5.11. The molecule has 0 unspecified atom stereocenters. The van der Waals surface area contributed by atoms with Crippen LogP contribution in [0.25, 0.3) is 0 Å². The molecule has 1 aromatic carbocycles. The largest absolute Gasteiger partial charge is 0.495 e. The van der Waals surface area contributed by atoms with E-state index in [1.165, 1.54) is 0 Å². The predicted molar refractivity (Wildman–Crippen MR) is 87.4 cm³/mol. The van der Waals surface area contributed by atoms with Crippen LogP contribution >= 0.6 is 28.3 Å². The standard InChI is InChI=1S/C14H18N2OS.BrH/c1-14(2,3)12-9-18-13(16-12)15-10-7-5-6-8-11(10)17-4;/h5-9H,1-4H3,(H,15,16);1H. The molecule has 0 aliphatic carbocycles. The number of ether oxygens (including phenoxy) is 1. The van der Waals surface area contributed by atoms with Gasteiger partial charge in [-0.3, -0.25) is 0 Å². The minimum absolute atomic E-state index is 0. The summed E-state index contributed by atoms with van der Waals surface area (Å²) in [6, 6.07) is 7.84. The monoisotopic (exact) mass is 342 g/mol. The molecule has 104 valence electrons. The summed E-state index contributed by atoms with van der Waals surface area (Å²) in [5.74, 6) is 0.824. The van der Waals surface area contributed by atoms with Crippen LogP contribution in [-0.2, 0) is 5.41 Å². The van der Waals surface area contributed by atoms with Gasteiger partial charge in [0.05, 0.1) is 18.5 Å². The van der Waals surface area contributed by atoms with Crippen LogP contribution in [0.15, 0.2) is 29.6 Å². The van der Waals surface area contributed by atoms with Crippen LogP contribution < -0.4 is 10.1 Å². The van der Waals surface area contributed by atoms with E-state index >= 15 is 0 Å². The minimum atomic E-state index is 0. The van der Waals surface area contributed by atoms with Gasteiger partial charge in [0.25, 0.3) is 0 Å². The van der Waals surface area contributed by atoms with E-state index in [4.69, 9.17) is 4.74 Å². The van der Waals surface area contributed by atoms with E-state index in [0.717, 1.165) is 22.3 Å². The van der Waals surface area contributed by atoms with Crippen LogP contribution in [0.4, 0.5) is 10.8 Å². The van der Waals surface area contributed by atoms with Crippen LogP contribution in [0.5, 0.6) is 5.75 Å². The molecule has 0 spiro atoms. The highest BCUT2D eigenvalue weighted by Gasteiger charge is 2.17. The normalized spacial score (nSPS) is 10.7. The van der Waals surface area contributed by atoms with Gasteiger partial charge in [-0.25, -0.2) is 4.98 Å². The van der Waals surface area contributed by atoms with Crippen molar-refractivity contribution in [2.75, 3.05) is 12.4 Å². The molecule has 2 rings (SSSR count). The van der Waals surface area contributed by atoms with Crippen LogP contribution in [0.2, 0.25) is 0 Å². The average Bonchev–Trinajstić information content (AvgIpc) is 2.78. The second-order valence-corrected chi connectivity index (χ2v) is 5.97. The first-order valence-corrected chi connectivity index (χ1v) is 6.75. The van der Waals surface area contributed by atoms with E-state index in [1.807, 2.05) is 24.3 Å². The lowest BCUT2D eigenvalue weighted by Gasteiger charge is -2.14. The van der Waals surface area contributed by atoms with Gasteiger partial charge >= 0.3 is 0 Å². The third-order valence-corrected chi connectivity index (χ3v) is 3.38. The summed E-state index contributed by atoms with van der Waals surface area (Å²) in [7, 11) is 1.67. The molecule has 1 N–H and O–H groups in total. The fourth-order valence-corrected chi connectivity index (χ4v) is 2.49. The topological polar surface area (TPSA) is 34.1 Å². The Balaban J connectivity index is 0.00000180. The molecule has 0 saturated carbocycles. The van der Waals surface area contributed by atoms with Crippen molar-refractivity contribution in [3.05, 3.63) is 35.3 Å². The Hall–Kier alpha value is -1.07. The number of anilines is 2. The van der Waals surface area contributed by atoms with E-state index < -0.39 is 0 Å². The van der Waals surface area contributed by atoms with Gasteiger partial charge < -0.3 is 10.1 Å². The predicted octanol–water partition coefficient (Wildman–Crippen LogP) is 4.77. The van der Waals surface area contributed by atoms with Crippen molar-refractivity contribution in [1.29, 1.82) is 0 Å². The first kappa shape index (κ1) is 16.0. The Morgan fingerprint density at radius 3 is 2.47 bits per heavy atom. The van der Waals surface area contributed by atoms with Crippen molar-refractivity contribution in [1.82, 2.24) is 4.98 Å². The Morgan fingerprint density at radius 1 is 1.21 bits per heavy atom. The van der Waals surface area contributed by atoms with Crippen molar-refractivity contribution in [2.45, 2.75) is 26.2 Å². The number of rotatable bonds is 3. The zero-order valence-electron chi connectivity index (χ0n) is 11.6. The fourth-order valence-electron chi connectivity index (χ4n) is 1.54. The number of nitrogens with one attached hydrogen (secondary N) is 1. The molecule has 0 atom stereocenters. The first-order valence-electron chi connectivity index (χ1n) is 5.87. The van der Waals surface area contributed by atoms with E-state index in [9.17, 15) is 0 Å². The van der Waals surface area contributed by atoms with Crippen LogP contribution in [0.3, 0.4) is 0 Å². The maximum Gasteiger partial charge on any atom is 0.187 e. The van der Waals surface area contributed by atoms with E-state index in [0.29, 0.717) is 0 Å². The summed E-state index contributed by atoms with van der Waals surface area (Å²) < 4.78 is 5.31. The number of nitrogens with zero attached hydrogens (tertiary/aromatic N) is 1. The summed E-state index contributed by atoms with van der Waals surface area (Å²) in [6.45, 7) is 6.48. The van der Waals surface area contributed by atoms with Crippen molar-refractivity contribution in [2.24, 2.45) is 0 Å². The minimum Gasteiger partial charge on any atom is -0.495 e. The van der Waals surface area contributed by atoms with Crippen LogP contribution in [0, 0.1) is 0 Å². The van der Waals surface area contributed by atoms with Gasteiger partial charge in [0, 0.05) is 10.8 Å². The number of hydrogen-bond donors (Lipinski definition) is 1. The maximum absolute atomic E-state index is 5.31. The van der Waals surface area contributed by atoms with Crippen molar-refractivity contribution >= 4 is 39.1 Å². The van der Waals surface area contributed by atoms with Gasteiger partial charge in [0.1, 0.15) is 5.75 Å². The molecule has 1 heterocycles. The number of halogens is 1. The number of aromatic nitrogens is 1. The summed E-state index contributed by atoms with van der Waals surface area (Å²) >= 11 is 1.61. The van der Waals surface area contributed by atoms with Gasteiger partial charge in [-0.05, 0) is 12.1 Å². The number of benzene rings is 1. The summed E-state index contributed by atoms with van der Waals surface area (Å²) in [4.78, 5) is 4.60. The summed E-state index contributed by atoms with van der Waals surface area (Å²) in [5, 5.41) is 6.29. The highest BCUT2D eigenvalue weighted by atomic mass is 79.9. The SMILES string of the molecule is Br.COc1ccccc1Nc1nc(C(C)(C)C)cs1. The Labute approximate surface area is 128 Å². The number of methoxy groups -OCH3 is 1. The third kappa shape index (κ3) is 3.94. The van der Waals surface area contributed by atoms with Crippen molar-refractivity contribution in [3.8, 4) is 5.75 Å². The molecule has 0 radical (unpaired) electrons. The van der Waals surface area contributed by atoms with E-state index in [2.05, 4.69) is 36.5 Å². The lowest BCUT2D eigenvalue weighted by Crippen LogP contribution is -2.11. The fraction of sp³-hybridized carbons (Fsp3) is 0.357. The second kappa shape index (κ2) is 6.39. The Kier molecular flexibility index (Phi) is 5.38. The van der Waals surface area contributed by atoms with E-state index in [1.54, 1.807) is 18.4 Å². The lowest BCUT2D eigenvalue weighted by atomic mass is 9.93. The van der Waals surface area contributed by atoms with Crippen LogP contribution in [-0.4, -0.2) is 12.1 Å². The molecule has 0 amide bonds. The molecule has 0 saturated heterocycles. The molecule has 5 heteroatoms. The molecule has 0 aliphatic rings. The molecule has 0 fully saturated rings. The highest BCUT2D eigenvalue weighted by molar-refractivity contribution is 8.93. The number of para-hydroxylation sites is 2. The Bertz CT molecular complexity index is 534. The zero-order chi connectivity index (χ0) is 13.2. The Morgan fingerprint density at radius 2 is 1.89 bits per heavy atom. The molecular weight excluding hydrogens is 324 g/mol. The van der Waals surface area contributed by atoms with Gasteiger partial charge in [0.2, 0.25) is 0 Å². The maximum atomic E-state index is 5.31. The van der Waals surface area contributed by atoms with Crippen molar-refractivity contribution < 1.29 is 4.74 Å². The zero-order valence-corrected chi connectivity index (χ0v) is 14.1. The number of hydrogen-bond acceptors (Lipinski definition) is 4. The molecule has 2 aromatic rings. The highest BCUT2D eigenvalue weighted by Crippen LogP contribution is 2.31. The van der Waals surface area contributed by atoms with Gasteiger partial charge in [0.15, 0.2) is 5.13 Å². The van der Waals surface area contributed by atoms with Crippen molar-refractivity contribution in [3.63, 3.8) is 0 Å². The van der Waals surface area contributed by atoms with E-state index in [-0.39, 0.29) is 22.4 Å². The number of thiazole rings is 1. The molecular formula is C14H19BrN2OS. The molecule has 0 bridgehead atoms. The van der Waals surface area contributed by atoms with Gasteiger partial charge in [-0.1, -0.05) is 32.9 Å². The quantitative estimate of drug-likeness (QED) is 0.872. The molecule has 19 heavy (non-hydrogen) atoms. The van der Waals surface area contributed by atoms with Gasteiger partial charge in [-0.15, -0.1) is 28.3 Å². The third-order valence-electron chi connectivity index (χ3n) is 2.62. The van der Waals surface area contributed by atoms with Crippen LogP contribution in [0.1, 0.15) is 26.5 Å². The van der Waals surface area contributed by atoms with Gasteiger partial charge in [-0.2, -0.15) is 0 Å². The summed E-state index contributed by atoms with van der Waals surface area (Å²) in [6.07, 6.45) is 0. The lowest BCUT2D eigenvalue weighted by molar-refractivity contribution is 0.417. The molecule has 1 aromatic heterocycles. The molecule has 0 aliphatic heterocycles. The first-order chi connectivity index (χ1) is 8.50. The molecule has 3 nitrogen and oxygen atoms in total.